The molecule has 0 radical (unpaired) electrons. The minimum Gasteiger partial charge on any atom is -0.490 e. The number of carbonyl (C=O) groups excluding carboxylic acids is 2. The normalized spacial score (nSPS) is 24.1. The fourth-order valence-corrected chi connectivity index (χ4v) is 5.01. The van der Waals surface area contributed by atoms with Crippen molar-refractivity contribution in [3.8, 4) is 5.75 Å². The van der Waals surface area contributed by atoms with Crippen LogP contribution in [-0.2, 0) is 14.3 Å². The number of hydrogen-bond acceptors (Lipinski definition) is 6. The zero-order chi connectivity index (χ0) is 24.3. The molecular formula is C28H40N2O4. The Balaban J connectivity index is 1.49. The average molecular weight is 469 g/mol. The van der Waals surface area contributed by atoms with E-state index in [2.05, 4.69) is 18.0 Å². The monoisotopic (exact) mass is 468 g/mol. The van der Waals surface area contributed by atoms with Gasteiger partial charge in [0.2, 0.25) is 0 Å². The quantitative estimate of drug-likeness (QED) is 0.311. The van der Waals surface area contributed by atoms with Gasteiger partial charge in [0.15, 0.2) is 5.78 Å². The van der Waals surface area contributed by atoms with Gasteiger partial charge in [0.1, 0.15) is 11.4 Å². The van der Waals surface area contributed by atoms with Crippen molar-refractivity contribution in [1.29, 1.82) is 0 Å². The SMILES string of the molecule is COC(=O)/C(N)=C1\CCCCCC1=NCC(=O)CCC1CCCC(Oc2ccccc2C)CC1. The Morgan fingerprint density at radius 3 is 2.62 bits per heavy atom. The number of allylic oxidation sites excluding steroid dienone is 1. The molecule has 0 bridgehead atoms. The molecule has 1 aromatic rings. The van der Waals surface area contributed by atoms with Gasteiger partial charge in [-0.3, -0.25) is 9.79 Å². The topological polar surface area (TPSA) is 91.0 Å². The number of carbonyl (C=O) groups is 2. The molecule has 2 unspecified atom stereocenters. The van der Waals surface area contributed by atoms with Crippen molar-refractivity contribution >= 4 is 17.5 Å². The van der Waals surface area contributed by atoms with E-state index in [1.807, 2.05) is 18.2 Å². The molecule has 2 atom stereocenters. The first-order valence-electron chi connectivity index (χ1n) is 12.8. The van der Waals surface area contributed by atoms with Crippen molar-refractivity contribution in [3.05, 3.63) is 41.1 Å². The van der Waals surface area contributed by atoms with Crippen molar-refractivity contribution in [2.24, 2.45) is 16.6 Å². The number of ketones is 1. The highest BCUT2D eigenvalue weighted by molar-refractivity contribution is 6.07. The van der Waals surface area contributed by atoms with Gasteiger partial charge in [-0.05, 0) is 82.3 Å². The molecule has 2 saturated carbocycles. The number of para-hydroxylation sites is 1. The van der Waals surface area contributed by atoms with Crippen LogP contribution in [0.25, 0.3) is 0 Å². The van der Waals surface area contributed by atoms with Crippen LogP contribution in [0.5, 0.6) is 5.75 Å². The van der Waals surface area contributed by atoms with Crippen LogP contribution in [0.3, 0.4) is 0 Å². The molecule has 186 valence electrons. The number of Topliss-reactive ketones (excluding diaryl/α,β-unsaturated/α-hetero) is 1. The lowest BCUT2D eigenvalue weighted by atomic mass is 9.94. The first kappa shape index (κ1) is 26.0. The summed E-state index contributed by atoms with van der Waals surface area (Å²) in [4.78, 5) is 29.2. The van der Waals surface area contributed by atoms with E-state index in [0.29, 0.717) is 18.8 Å². The number of aryl methyl sites for hydroxylation is 1. The van der Waals surface area contributed by atoms with Crippen LogP contribution in [0, 0.1) is 12.8 Å². The Hall–Kier alpha value is -2.63. The number of benzene rings is 1. The van der Waals surface area contributed by atoms with E-state index < -0.39 is 5.97 Å². The number of aliphatic imine (C=N–C) groups is 1. The van der Waals surface area contributed by atoms with E-state index in [-0.39, 0.29) is 24.1 Å². The van der Waals surface area contributed by atoms with Crippen LogP contribution in [0.2, 0.25) is 0 Å². The van der Waals surface area contributed by atoms with E-state index in [4.69, 9.17) is 15.2 Å². The summed E-state index contributed by atoms with van der Waals surface area (Å²) in [5.41, 5.74) is 8.92. The van der Waals surface area contributed by atoms with Gasteiger partial charge in [-0.1, -0.05) is 31.0 Å². The van der Waals surface area contributed by atoms with E-state index in [9.17, 15) is 9.59 Å². The van der Waals surface area contributed by atoms with Crippen molar-refractivity contribution < 1.29 is 19.1 Å². The first-order valence-corrected chi connectivity index (χ1v) is 12.8. The molecular weight excluding hydrogens is 428 g/mol. The molecule has 34 heavy (non-hydrogen) atoms. The maximum absolute atomic E-state index is 12.6. The minimum absolute atomic E-state index is 0.136. The summed E-state index contributed by atoms with van der Waals surface area (Å²) in [7, 11) is 1.33. The maximum Gasteiger partial charge on any atom is 0.354 e. The van der Waals surface area contributed by atoms with Gasteiger partial charge in [0.05, 0.1) is 19.8 Å². The second-order valence-corrected chi connectivity index (χ2v) is 9.66. The molecule has 0 amide bonds. The third-order valence-electron chi connectivity index (χ3n) is 7.12. The zero-order valence-corrected chi connectivity index (χ0v) is 20.8. The zero-order valence-electron chi connectivity index (χ0n) is 20.8. The van der Waals surface area contributed by atoms with Crippen molar-refractivity contribution in [2.75, 3.05) is 13.7 Å². The van der Waals surface area contributed by atoms with Crippen LogP contribution in [0.1, 0.15) is 82.6 Å². The minimum atomic E-state index is -0.519. The highest BCUT2D eigenvalue weighted by atomic mass is 16.5. The van der Waals surface area contributed by atoms with E-state index in [1.54, 1.807) is 0 Å². The predicted molar refractivity (Wildman–Crippen MR) is 135 cm³/mol. The lowest BCUT2D eigenvalue weighted by Crippen LogP contribution is -2.20. The third-order valence-corrected chi connectivity index (χ3v) is 7.12. The van der Waals surface area contributed by atoms with Crippen LogP contribution in [-0.4, -0.2) is 37.2 Å². The molecule has 6 nitrogen and oxygen atoms in total. The first-order chi connectivity index (χ1) is 16.5. The van der Waals surface area contributed by atoms with E-state index >= 15 is 0 Å². The molecule has 2 fully saturated rings. The number of ether oxygens (including phenoxy) is 2. The summed E-state index contributed by atoms with van der Waals surface area (Å²) in [5.74, 6) is 1.18. The van der Waals surface area contributed by atoms with Gasteiger partial charge in [-0.15, -0.1) is 0 Å². The standard InChI is InChI=1S/C28H40N2O4/c1-20-9-6-7-14-26(20)34-23-11-8-10-21(16-18-23)15-17-22(31)19-30-25-13-5-3-4-12-24(25)27(29)28(32)33-2/h6-7,9,14,21,23H,3-5,8,10-13,15-19,29H2,1-2H3/b27-24-,30-25?. The van der Waals surface area contributed by atoms with E-state index in [0.717, 1.165) is 81.2 Å². The highest BCUT2D eigenvalue weighted by Crippen LogP contribution is 2.30. The molecule has 6 heteroatoms. The second-order valence-electron chi connectivity index (χ2n) is 9.66. The van der Waals surface area contributed by atoms with Gasteiger partial charge < -0.3 is 15.2 Å². The maximum atomic E-state index is 12.6. The molecule has 0 aliphatic heterocycles. The lowest BCUT2D eigenvalue weighted by Gasteiger charge is -2.19. The fraction of sp³-hybridized carbons (Fsp3) is 0.607. The van der Waals surface area contributed by atoms with Crippen molar-refractivity contribution in [1.82, 2.24) is 0 Å². The van der Waals surface area contributed by atoms with Crippen molar-refractivity contribution in [2.45, 2.75) is 90.1 Å². The Morgan fingerprint density at radius 1 is 1.03 bits per heavy atom. The highest BCUT2D eigenvalue weighted by Gasteiger charge is 2.22. The molecule has 3 rings (SSSR count). The summed E-state index contributed by atoms with van der Waals surface area (Å²) in [5, 5.41) is 0. The van der Waals surface area contributed by atoms with Crippen molar-refractivity contribution in [3.63, 3.8) is 0 Å². The number of hydrogen-bond donors (Lipinski definition) is 1. The summed E-state index contributed by atoms with van der Waals surface area (Å²) in [6.45, 7) is 2.25. The molecule has 0 heterocycles. The lowest BCUT2D eigenvalue weighted by molar-refractivity contribution is -0.136. The summed E-state index contributed by atoms with van der Waals surface area (Å²) in [6, 6.07) is 8.19. The van der Waals surface area contributed by atoms with Gasteiger partial charge >= 0.3 is 5.97 Å². The number of methoxy groups -OCH3 is 1. The van der Waals surface area contributed by atoms with Crippen LogP contribution in [0.4, 0.5) is 0 Å². The Bertz CT molecular complexity index is 905. The third kappa shape index (κ3) is 7.71. The Morgan fingerprint density at radius 2 is 1.82 bits per heavy atom. The Labute approximate surface area is 204 Å². The van der Waals surface area contributed by atoms with Gasteiger partial charge in [-0.2, -0.15) is 0 Å². The number of nitrogens with two attached hydrogens (primary N) is 1. The number of esters is 1. The fourth-order valence-electron chi connectivity index (χ4n) is 5.01. The van der Waals surface area contributed by atoms with Gasteiger partial charge in [0, 0.05) is 17.7 Å². The Kier molecular flexibility index (Phi) is 10.2. The molecule has 2 aliphatic carbocycles. The number of nitrogens with zero attached hydrogens (tertiary/aromatic N) is 1. The molecule has 0 spiro atoms. The smallest absolute Gasteiger partial charge is 0.354 e. The van der Waals surface area contributed by atoms with Gasteiger partial charge in [0.25, 0.3) is 0 Å². The summed E-state index contributed by atoms with van der Waals surface area (Å²) in [6.07, 6.45) is 11.7. The summed E-state index contributed by atoms with van der Waals surface area (Å²) < 4.78 is 11.1. The van der Waals surface area contributed by atoms with Crippen LogP contribution in [0.15, 0.2) is 40.5 Å². The number of rotatable bonds is 8. The van der Waals surface area contributed by atoms with E-state index in [1.165, 1.54) is 12.7 Å². The van der Waals surface area contributed by atoms with Crippen LogP contribution >= 0.6 is 0 Å². The average Bonchev–Trinajstić information content (AvgIpc) is 3.22. The largest absolute Gasteiger partial charge is 0.490 e. The molecule has 2 N–H and O–H groups in total. The molecule has 2 aliphatic rings. The van der Waals surface area contributed by atoms with Crippen LogP contribution < -0.4 is 10.5 Å². The molecule has 1 aromatic carbocycles. The second kappa shape index (κ2) is 13.3. The molecule has 0 saturated heterocycles. The summed E-state index contributed by atoms with van der Waals surface area (Å²) >= 11 is 0. The van der Waals surface area contributed by atoms with Gasteiger partial charge in [-0.25, -0.2) is 4.79 Å². The predicted octanol–water partition coefficient (Wildman–Crippen LogP) is 5.46. The molecule has 0 aromatic heterocycles.